The second-order valence-electron chi connectivity index (χ2n) is 5.91. The number of hydrogen-bond donors (Lipinski definition) is 0. The maximum absolute atomic E-state index is 3.87. The van der Waals surface area contributed by atoms with E-state index in [1.807, 2.05) is 0 Å². The van der Waals surface area contributed by atoms with Gasteiger partial charge in [0.05, 0.1) is 0 Å². The van der Waals surface area contributed by atoms with E-state index >= 15 is 0 Å². The van der Waals surface area contributed by atoms with Crippen molar-refractivity contribution in [2.24, 2.45) is 5.92 Å². The molecule has 0 aromatic carbocycles. The Kier molecular flexibility index (Phi) is 14.6. The molecule has 0 nitrogen and oxygen atoms in total. The van der Waals surface area contributed by atoms with Crippen molar-refractivity contribution >= 4 is 0 Å². The van der Waals surface area contributed by atoms with Crippen LogP contribution in [0.1, 0.15) is 90.9 Å². The minimum atomic E-state index is 0.879. The van der Waals surface area contributed by atoms with E-state index in [1.165, 1.54) is 70.6 Å². The Morgan fingerprint density at radius 3 is 1.78 bits per heavy atom. The lowest BCUT2D eigenvalue weighted by molar-refractivity contribution is 0.528. The Morgan fingerprint density at radius 2 is 1.22 bits per heavy atom. The number of unbranched alkanes of at least 4 members (excludes halogenated alkanes) is 9. The van der Waals surface area contributed by atoms with E-state index in [4.69, 9.17) is 0 Å². The van der Waals surface area contributed by atoms with E-state index in [9.17, 15) is 0 Å². The van der Waals surface area contributed by atoms with Gasteiger partial charge in [-0.3, -0.25) is 0 Å². The molecule has 0 saturated carbocycles. The quantitative estimate of drug-likeness (QED) is 0.252. The first kappa shape index (κ1) is 17.7. The molecule has 0 atom stereocenters. The number of allylic oxidation sites excluding steroid dienone is 2. The van der Waals surface area contributed by atoms with Crippen molar-refractivity contribution in [2.75, 3.05) is 0 Å². The maximum Gasteiger partial charge on any atom is -0.0351 e. The monoisotopic (exact) mass is 251 g/mol. The van der Waals surface area contributed by atoms with E-state index in [0.29, 0.717) is 0 Å². The van der Waals surface area contributed by atoms with Crippen LogP contribution in [0.4, 0.5) is 0 Å². The van der Waals surface area contributed by atoms with Crippen molar-refractivity contribution in [3.63, 3.8) is 0 Å². The maximum atomic E-state index is 3.87. The summed E-state index contributed by atoms with van der Waals surface area (Å²) in [6.07, 6.45) is 20.9. The number of hydrogen-bond acceptors (Lipinski definition) is 0. The van der Waals surface area contributed by atoms with Gasteiger partial charge in [-0.1, -0.05) is 84.3 Å². The first-order valence-electron chi connectivity index (χ1n) is 8.21. The van der Waals surface area contributed by atoms with E-state index in [-0.39, 0.29) is 0 Å². The third-order valence-corrected chi connectivity index (χ3v) is 3.44. The smallest absolute Gasteiger partial charge is 0.0351 e. The van der Waals surface area contributed by atoms with Gasteiger partial charge in [-0.2, -0.15) is 0 Å². The average molecular weight is 251 g/mol. The molecule has 18 heavy (non-hydrogen) atoms. The Bertz CT molecular complexity index is 167. The first-order valence-corrected chi connectivity index (χ1v) is 8.21. The van der Waals surface area contributed by atoms with Crippen LogP contribution in [-0.2, 0) is 0 Å². The zero-order valence-corrected chi connectivity index (χ0v) is 12.9. The van der Waals surface area contributed by atoms with E-state index in [2.05, 4.69) is 32.9 Å². The summed E-state index contributed by atoms with van der Waals surface area (Å²) in [5, 5.41) is 0. The van der Waals surface area contributed by atoms with Crippen molar-refractivity contribution in [1.82, 2.24) is 0 Å². The molecule has 0 unspecified atom stereocenters. The molecule has 0 rings (SSSR count). The van der Waals surface area contributed by atoms with Gasteiger partial charge in [0, 0.05) is 0 Å². The molecule has 0 aromatic heterocycles. The van der Waals surface area contributed by atoms with Crippen LogP contribution >= 0.6 is 0 Å². The largest absolute Gasteiger partial charge is 0.0885 e. The topological polar surface area (TPSA) is 0 Å². The summed E-state index contributed by atoms with van der Waals surface area (Å²) < 4.78 is 0. The molecular weight excluding hydrogens is 216 g/mol. The second-order valence-corrected chi connectivity index (χ2v) is 5.91. The van der Waals surface area contributed by atoms with Crippen LogP contribution in [-0.4, -0.2) is 0 Å². The fourth-order valence-electron chi connectivity index (χ4n) is 2.20. The van der Waals surface area contributed by atoms with Crippen LogP contribution in [0.2, 0.25) is 0 Å². The van der Waals surface area contributed by atoms with Crippen LogP contribution in [0.3, 0.4) is 0 Å². The zero-order valence-electron chi connectivity index (χ0n) is 12.9. The molecule has 0 aliphatic heterocycles. The minimum Gasteiger partial charge on any atom is -0.0885 e. The molecule has 0 aliphatic carbocycles. The van der Waals surface area contributed by atoms with Gasteiger partial charge in [0.25, 0.3) is 0 Å². The van der Waals surface area contributed by atoms with Crippen LogP contribution in [0.15, 0.2) is 12.2 Å². The predicted octanol–water partition coefficient (Wildman–Crippen LogP) is 6.71. The highest BCUT2D eigenvalue weighted by atomic mass is 14.0. The summed E-state index contributed by atoms with van der Waals surface area (Å²) in [5.74, 6) is 0.879. The van der Waals surface area contributed by atoms with Gasteiger partial charge in [-0.15, -0.1) is 0 Å². The summed E-state index contributed by atoms with van der Waals surface area (Å²) in [6.45, 7) is 8.51. The normalized spacial score (nSPS) is 11.8. The minimum absolute atomic E-state index is 0.879. The van der Waals surface area contributed by atoms with Gasteiger partial charge < -0.3 is 0 Å². The summed E-state index contributed by atoms with van der Waals surface area (Å²) in [6, 6.07) is 0. The Labute approximate surface area is 116 Å². The lowest BCUT2D eigenvalue weighted by atomic mass is 10.0. The van der Waals surface area contributed by atoms with Gasteiger partial charge in [-0.05, 0) is 31.6 Å². The molecule has 0 spiro atoms. The first-order chi connectivity index (χ1) is 8.77. The van der Waals surface area contributed by atoms with Crippen molar-refractivity contribution in [1.29, 1.82) is 0 Å². The lowest BCUT2D eigenvalue weighted by Gasteiger charge is -2.02. The zero-order chi connectivity index (χ0) is 13.5. The SMILES string of the molecule is [CH2]CCCCCCCC=CCCCCCC(C)C. The molecule has 107 valence electrons. The van der Waals surface area contributed by atoms with E-state index in [0.717, 1.165) is 12.3 Å². The fraction of sp³-hybridized carbons (Fsp3) is 0.833. The van der Waals surface area contributed by atoms with Crippen molar-refractivity contribution in [3.8, 4) is 0 Å². The van der Waals surface area contributed by atoms with Crippen molar-refractivity contribution in [3.05, 3.63) is 19.1 Å². The highest BCUT2D eigenvalue weighted by Crippen LogP contribution is 2.10. The molecule has 0 fully saturated rings. The van der Waals surface area contributed by atoms with Crippen molar-refractivity contribution in [2.45, 2.75) is 90.9 Å². The van der Waals surface area contributed by atoms with E-state index in [1.54, 1.807) is 0 Å². The molecule has 0 bridgehead atoms. The lowest BCUT2D eigenvalue weighted by Crippen LogP contribution is -1.86. The van der Waals surface area contributed by atoms with Crippen molar-refractivity contribution < 1.29 is 0 Å². The van der Waals surface area contributed by atoms with Gasteiger partial charge in [0.2, 0.25) is 0 Å². The predicted molar refractivity (Wildman–Crippen MR) is 84.7 cm³/mol. The molecule has 0 amide bonds. The molecule has 0 heterocycles. The standard InChI is InChI=1S/C18H35/c1-4-5-6-7-8-9-10-11-12-13-14-15-16-17-18(2)3/h11-12,18H,1,4-10,13-17H2,2-3H3. The Hall–Kier alpha value is -0.260. The summed E-state index contributed by atoms with van der Waals surface area (Å²) in [5.41, 5.74) is 0. The molecule has 1 radical (unpaired) electrons. The van der Waals surface area contributed by atoms with Crippen LogP contribution < -0.4 is 0 Å². The average Bonchev–Trinajstić information content (AvgIpc) is 2.34. The van der Waals surface area contributed by atoms with Gasteiger partial charge >= 0.3 is 0 Å². The third kappa shape index (κ3) is 15.7. The fourth-order valence-corrected chi connectivity index (χ4v) is 2.20. The number of rotatable bonds is 13. The van der Waals surface area contributed by atoms with Gasteiger partial charge in [0.1, 0.15) is 0 Å². The third-order valence-electron chi connectivity index (χ3n) is 3.44. The van der Waals surface area contributed by atoms with Gasteiger partial charge in [-0.25, -0.2) is 0 Å². The summed E-state index contributed by atoms with van der Waals surface area (Å²) in [7, 11) is 0. The molecule has 0 N–H and O–H groups in total. The summed E-state index contributed by atoms with van der Waals surface area (Å²) >= 11 is 0. The molecule has 0 aliphatic rings. The molecule has 0 aromatic rings. The van der Waals surface area contributed by atoms with Crippen LogP contribution in [0, 0.1) is 12.8 Å². The van der Waals surface area contributed by atoms with Crippen LogP contribution in [0.5, 0.6) is 0 Å². The molecule has 0 saturated heterocycles. The molecular formula is C18H35. The highest BCUT2D eigenvalue weighted by molar-refractivity contribution is 4.81. The molecule has 0 heteroatoms. The Morgan fingerprint density at radius 1 is 0.722 bits per heavy atom. The Balaban J connectivity index is 3.05. The van der Waals surface area contributed by atoms with Crippen LogP contribution in [0.25, 0.3) is 0 Å². The van der Waals surface area contributed by atoms with E-state index < -0.39 is 0 Å². The summed E-state index contributed by atoms with van der Waals surface area (Å²) in [4.78, 5) is 0. The highest BCUT2D eigenvalue weighted by Gasteiger charge is 1.93. The van der Waals surface area contributed by atoms with Gasteiger partial charge in [0.15, 0.2) is 0 Å². The second kappa shape index (κ2) is 14.8.